The fourth-order valence-electron chi connectivity index (χ4n) is 6.97. The zero-order chi connectivity index (χ0) is 20.7. The van der Waals surface area contributed by atoms with E-state index in [4.69, 9.17) is 0 Å². The van der Waals surface area contributed by atoms with E-state index in [1.807, 2.05) is 0 Å². The summed E-state index contributed by atoms with van der Waals surface area (Å²) in [4.78, 5) is 24.5. The summed E-state index contributed by atoms with van der Waals surface area (Å²) in [5.41, 5.74) is -5.14. The highest BCUT2D eigenvalue weighted by Gasteiger charge is 2.74. The van der Waals surface area contributed by atoms with E-state index in [0.29, 0.717) is 24.8 Å². The molecular weight excluding hydrogens is 363 g/mol. The van der Waals surface area contributed by atoms with Gasteiger partial charge in [0.25, 0.3) is 0 Å². The number of hydrogen-bond donors (Lipinski definition) is 3. The summed E-state index contributed by atoms with van der Waals surface area (Å²) in [6, 6.07) is 0. The van der Waals surface area contributed by atoms with Crippen molar-refractivity contribution in [3.63, 3.8) is 0 Å². The van der Waals surface area contributed by atoms with Gasteiger partial charge in [-0.3, -0.25) is 9.59 Å². The van der Waals surface area contributed by atoms with Crippen LogP contribution >= 0.6 is 0 Å². The molecule has 28 heavy (non-hydrogen) atoms. The van der Waals surface area contributed by atoms with E-state index in [2.05, 4.69) is 0 Å². The minimum atomic E-state index is -1.97. The average Bonchev–Trinajstić information content (AvgIpc) is 2.88. The molecule has 3 saturated carbocycles. The van der Waals surface area contributed by atoms with Crippen LogP contribution in [0.25, 0.3) is 0 Å². The maximum Gasteiger partial charge on any atom is 0.192 e. The van der Waals surface area contributed by atoms with E-state index >= 15 is 4.39 Å². The van der Waals surface area contributed by atoms with Crippen LogP contribution in [0.5, 0.6) is 0 Å². The van der Waals surface area contributed by atoms with Gasteiger partial charge in [-0.05, 0) is 64.0 Å². The summed E-state index contributed by atoms with van der Waals surface area (Å²) in [5.74, 6) is -1.65. The average molecular weight is 392 g/mol. The number of ketones is 2. The highest BCUT2D eigenvalue weighted by Crippen LogP contribution is 2.69. The number of fused-ring (bicyclic) bond motifs is 5. The van der Waals surface area contributed by atoms with Crippen molar-refractivity contribution in [3.8, 4) is 0 Å². The second-order valence-electron chi connectivity index (χ2n) is 9.70. The van der Waals surface area contributed by atoms with Gasteiger partial charge in [-0.25, -0.2) is 4.39 Å². The SMILES string of the molecule is CC(O)C(=O)C1(O)CCC2C3CCC4=CC(=O)C=CC4(C)C3(F)C(O)CC21C. The number of Topliss-reactive ketones (excluding diaryl/α,β-unsaturated/α-hetero) is 1. The molecule has 8 unspecified atom stereocenters. The fourth-order valence-corrected chi connectivity index (χ4v) is 6.97. The minimum absolute atomic E-state index is 0.0652. The Morgan fingerprint density at radius 1 is 1.29 bits per heavy atom. The van der Waals surface area contributed by atoms with Gasteiger partial charge in [0.1, 0.15) is 11.7 Å². The topological polar surface area (TPSA) is 94.8 Å². The normalized spacial score (nSPS) is 51.0. The molecule has 0 aliphatic heterocycles. The third-order valence-corrected chi connectivity index (χ3v) is 8.58. The Bertz CT molecular complexity index is 803. The number of aliphatic hydroxyl groups excluding tert-OH is 2. The molecule has 0 heterocycles. The zero-order valence-electron chi connectivity index (χ0n) is 16.6. The lowest BCUT2D eigenvalue weighted by Gasteiger charge is -2.62. The molecule has 3 fully saturated rings. The van der Waals surface area contributed by atoms with Crippen LogP contribution in [0.2, 0.25) is 0 Å². The van der Waals surface area contributed by atoms with Crippen LogP contribution in [-0.2, 0) is 9.59 Å². The van der Waals surface area contributed by atoms with Gasteiger partial charge >= 0.3 is 0 Å². The second-order valence-corrected chi connectivity index (χ2v) is 9.70. The van der Waals surface area contributed by atoms with Crippen molar-refractivity contribution in [1.82, 2.24) is 0 Å². The lowest BCUT2D eigenvalue weighted by molar-refractivity contribution is -0.218. The van der Waals surface area contributed by atoms with E-state index in [0.717, 1.165) is 0 Å². The van der Waals surface area contributed by atoms with Gasteiger partial charge in [0.05, 0.1) is 6.10 Å². The Balaban J connectivity index is 1.80. The van der Waals surface area contributed by atoms with Crippen molar-refractivity contribution in [2.75, 3.05) is 0 Å². The smallest absolute Gasteiger partial charge is 0.192 e. The van der Waals surface area contributed by atoms with Crippen molar-refractivity contribution < 1.29 is 29.3 Å². The third-order valence-electron chi connectivity index (χ3n) is 8.58. The molecule has 6 heteroatoms. The molecular formula is C22H29FO5. The first-order chi connectivity index (χ1) is 12.9. The number of aliphatic hydroxyl groups is 3. The first kappa shape index (κ1) is 19.9. The number of allylic oxidation sites excluding steroid dienone is 4. The first-order valence-electron chi connectivity index (χ1n) is 10.2. The molecule has 4 aliphatic carbocycles. The highest BCUT2D eigenvalue weighted by molar-refractivity contribution is 6.01. The Morgan fingerprint density at radius 2 is 1.96 bits per heavy atom. The van der Waals surface area contributed by atoms with Gasteiger partial charge < -0.3 is 15.3 Å². The molecule has 0 aromatic heterocycles. The van der Waals surface area contributed by atoms with Crippen LogP contribution in [0.4, 0.5) is 4.39 Å². The lowest BCUT2D eigenvalue weighted by atomic mass is 9.44. The van der Waals surface area contributed by atoms with Crippen molar-refractivity contribution in [3.05, 3.63) is 23.8 Å². The quantitative estimate of drug-likeness (QED) is 0.669. The minimum Gasteiger partial charge on any atom is -0.390 e. The van der Waals surface area contributed by atoms with E-state index in [-0.39, 0.29) is 24.5 Å². The van der Waals surface area contributed by atoms with Gasteiger partial charge in [0.2, 0.25) is 0 Å². The summed E-state index contributed by atoms with van der Waals surface area (Å²) < 4.78 is 16.8. The largest absolute Gasteiger partial charge is 0.390 e. The Labute approximate surface area is 164 Å². The van der Waals surface area contributed by atoms with E-state index in [1.54, 1.807) is 19.9 Å². The summed E-state index contributed by atoms with van der Waals surface area (Å²) in [5, 5.41) is 32.2. The van der Waals surface area contributed by atoms with E-state index in [9.17, 15) is 24.9 Å². The zero-order valence-corrected chi connectivity index (χ0v) is 16.6. The van der Waals surface area contributed by atoms with Gasteiger partial charge in [0, 0.05) is 16.7 Å². The molecule has 4 rings (SSSR count). The maximum atomic E-state index is 16.8. The summed E-state index contributed by atoms with van der Waals surface area (Å²) in [6.45, 7) is 4.82. The Morgan fingerprint density at radius 3 is 2.61 bits per heavy atom. The van der Waals surface area contributed by atoms with E-state index < -0.39 is 46.0 Å². The standard InChI is InChI=1S/C22H29FO5/c1-12(24)18(27)21(28)9-7-15-16-5-4-13-10-14(25)6-8-19(13,2)22(16,23)17(26)11-20(15,21)3/h6,8,10,12,15-17,24,26,28H,4-5,7,9,11H2,1-3H3. The van der Waals surface area contributed by atoms with Crippen LogP contribution in [0.3, 0.4) is 0 Å². The summed E-state index contributed by atoms with van der Waals surface area (Å²) in [6.07, 6.45) is 3.29. The molecule has 0 saturated heterocycles. The number of carbonyl (C=O) groups excluding carboxylic acids is 2. The number of halogens is 1. The number of hydrogen-bond acceptors (Lipinski definition) is 5. The molecule has 0 spiro atoms. The number of alkyl halides is 1. The Hall–Kier alpha value is -1.37. The third kappa shape index (κ3) is 2.12. The molecule has 4 aliphatic rings. The van der Waals surface area contributed by atoms with Crippen LogP contribution < -0.4 is 0 Å². The fraction of sp³-hybridized carbons (Fsp3) is 0.727. The van der Waals surface area contributed by atoms with Crippen LogP contribution in [0, 0.1) is 22.7 Å². The number of rotatable bonds is 2. The first-order valence-corrected chi connectivity index (χ1v) is 10.2. The molecule has 5 nitrogen and oxygen atoms in total. The predicted octanol–water partition coefficient (Wildman–Crippen LogP) is 2.04. The van der Waals surface area contributed by atoms with Gasteiger partial charge in [-0.15, -0.1) is 0 Å². The summed E-state index contributed by atoms with van der Waals surface area (Å²) in [7, 11) is 0. The molecule has 0 amide bonds. The van der Waals surface area contributed by atoms with Gasteiger partial charge in [-0.2, -0.15) is 0 Å². The van der Waals surface area contributed by atoms with Gasteiger partial charge in [0.15, 0.2) is 17.2 Å². The molecule has 0 aromatic carbocycles. The molecule has 0 radical (unpaired) electrons. The van der Waals surface area contributed by atoms with Crippen molar-refractivity contribution in [2.24, 2.45) is 22.7 Å². The second kappa shape index (κ2) is 5.83. The van der Waals surface area contributed by atoms with Crippen molar-refractivity contribution in [2.45, 2.75) is 76.4 Å². The maximum absolute atomic E-state index is 16.8. The Kier molecular flexibility index (Phi) is 4.15. The molecule has 0 bridgehead atoms. The molecule has 3 N–H and O–H groups in total. The van der Waals surface area contributed by atoms with Crippen LogP contribution in [0.1, 0.15) is 52.9 Å². The molecule has 154 valence electrons. The van der Waals surface area contributed by atoms with Crippen LogP contribution in [0.15, 0.2) is 23.8 Å². The highest BCUT2D eigenvalue weighted by atomic mass is 19.1. The van der Waals surface area contributed by atoms with Crippen LogP contribution in [-0.4, -0.2) is 50.4 Å². The summed E-state index contributed by atoms with van der Waals surface area (Å²) >= 11 is 0. The number of carbonyl (C=O) groups is 2. The van der Waals surface area contributed by atoms with Crippen molar-refractivity contribution >= 4 is 11.6 Å². The van der Waals surface area contributed by atoms with E-state index in [1.165, 1.54) is 19.1 Å². The van der Waals surface area contributed by atoms with Gasteiger partial charge in [-0.1, -0.05) is 18.6 Å². The van der Waals surface area contributed by atoms with Crippen molar-refractivity contribution in [1.29, 1.82) is 0 Å². The predicted molar refractivity (Wildman–Crippen MR) is 100.0 cm³/mol. The molecule has 0 aromatic rings. The monoisotopic (exact) mass is 392 g/mol. The molecule has 8 atom stereocenters. The lowest BCUT2D eigenvalue weighted by Crippen LogP contribution is -2.69.